The zero-order valence-corrected chi connectivity index (χ0v) is 11.5. The second-order valence-electron chi connectivity index (χ2n) is 5.36. The number of benzene rings is 1. The van der Waals surface area contributed by atoms with Crippen molar-refractivity contribution in [2.24, 2.45) is 5.92 Å². The molecular weight excluding hydrogens is 242 g/mol. The molecule has 0 spiro atoms. The van der Waals surface area contributed by atoms with Gasteiger partial charge in [-0.3, -0.25) is 4.79 Å². The maximum absolute atomic E-state index is 11.9. The molecule has 0 aliphatic heterocycles. The van der Waals surface area contributed by atoms with E-state index < -0.39 is 5.60 Å². The van der Waals surface area contributed by atoms with Crippen LogP contribution in [-0.2, 0) is 22.7 Å². The fourth-order valence-electron chi connectivity index (χ4n) is 2.19. The molecule has 4 nitrogen and oxygen atoms in total. The first-order valence-electron chi connectivity index (χ1n) is 6.61. The molecule has 0 heterocycles. The van der Waals surface area contributed by atoms with E-state index in [1.807, 2.05) is 24.3 Å². The first-order chi connectivity index (χ1) is 9.04. The van der Waals surface area contributed by atoms with E-state index in [9.17, 15) is 9.90 Å². The summed E-state index contributed by atoms with van der Waals surface area (Å²) in [6.45, 7) is 2.59. The van der Waals surface area contributed by atoms with Crippen molar-refractivity contribution in [3.63, 3.8) is 0 Å². The number of carbonyl (C=O) groups is 1. The van der Waals surface area contributed by atoms with Gasteiger partial charge in [0.1, 0.15) is 5.60 Å². The molecule has 2 N–H and O–H groups in total. The number of ether oxygens (including phenoxy) is 1. The fourth-order valence-corrected chi connectivity index (χ4v) is 2.19. The first kappa shape index (κ1) is 14.0. The Morgan fingerprint density at radius 2 is 2.16 bits per heavy atom. The molecule has 2 rings (SSSR count). The van der Waals surface area contributed by atoms with Crippen LogP contribution in [0.4, 0.5) is 0 Å². The molecule has 0 saturated heterocycles. The van der Waals surface area contributed by atoms with E-state index in [1.54, 1.807) is 14.0 Å². The third kappa shape index (κ3) is 3.55. The minimum Gasteiger partial charge on any atom is -0.380 e. The summed E-state index contributed by atoms with van der Waals surface area (Å²) < 4.78 is 5.08. The second kappa shape index (κ2) is 5.72. The van der Waals surface area contributed by atoms with Crippen molar-refractivity contribution in [2.45, 2.75) is 38.5 Å². The SMILES string of the molecule is COCc1cccc(CNC(=O)C(C)(O)C2CC2)c1. The Balaban J connectivity index is 1.91. The quantitative estimate of drug-likeness (QED) is 0.820. The summed E-state index contributed by atoms with van der Waals surface area (Å²) in [6, 6.07) is 7.87. The molecule has 0 radical (unpaired) electrons. The molecule has 1 aliphatic rings. The second-order valence-corrected chi connectivity index (χ2v) is 5.36. The van der Waals surface area contributed by atoms with Gasteiger partial charge in [0.2, 0.25) is 0 Å². The summed E-state index contributed by atoms with van der Waals surface area (Å²) in [6.07, 6.45) is 1.87. The van der Waals surface area contributed by atoms with Crippen LogP contribution in [0.25, 0.3) is 0 Å². The maximum Gasteiger partial charge on any atom is 0.252 e. The van der Waals surface area contributed by atoms with Gasteiger partial charge in [0.05, 0.1) is 6.61 Å². The molecule has 0 aromatic heterocycles. The highest BCUT2D eigenvalue weighted by Crippen LogP contribution is 2.39. The molecule has 19 heavy (non-hydrogen) atoms. The Labute approximate surface area is 113 Å². The molecule has 1 fully saturated rings. The van der Waals surface area contributed by atoms with Crippen LogP contribution in [0.3, 0.4) is 0 Å². The van der Waals surface area contributed by atoms with Crippen molar-refractivity contribution < 1.29 is 14.6 Å². The van der Waals surface area contributed by atoms with Crippen molar-refractivity contribution in [2.75, 3.05) is 7.11 Å². The smallest absolute Gasteiger partial charge is 0.252 e. The lowest BCUT2D eigenvalue weighted by Gasteiger charge is -2.21. The Bertz CT molecular complexity index is 452. The van der Waals surface area contributed by atoms with E-state index in [0.717, 1.165) is 24.0 Å². The average Bonchev–Trinajstić information content (AvgIpc) is 3.21. The Morgan fingerprint density at radius 1 is 1.47 bits per heavy atom. The van der Waals surface area contributed by atoms with Crippen LogP contribution in [0, 0.1) is 5.92 Å². The molecule has 1 atom stereocenters. The number of aliphatic hydroxyl groups is 1. The van der Waals surface area contributed by atoms with E-state index in [1.165, 1.54) is 0 Å². The van der Waals surface area contributed by atoms with Crippen molar-refractivity contribution >= 4 is 5.91 Å². The summed E-state index contributed by atoms with van der Waals surface area (Å²) in [5, 5.41) is 12.9. The summed E-state index contributed by atoms with van der Waals surface area (Å²) in [7, 11) is 1.65. The van der Waals surface area contributed by atoms with Gasteiger partial charge < -0.3 is 15.2 Å². The average molecular weight is 263 g/mol. The summed E-state index contributed by atoms with van der Waals surface area (Å²) >= 11 is 0. The molecular formula is C15H21NO3. The van der Waals surface area contributed by atoms with Crippen LogP contribution in [0.2, 0.25) is 0 Å². The van der Waals surface area contributed by atoms with Gasteiger partial charge in [0, 0.05) is 13.7 Å². The maximum atomic E-state index is 11.9. The van der Waals surface area contributed by atoms with Gasteiger partial charge in [-0.1, -0.05) is 24.3 Å². The molecule has 104 valence electrons. The third-order valence-corrected chi connectivity index (χ3v) is 3.59. The van der Waals surface area contributed by atoms with E-state index in [4.69, 9.17) is 4.74 Å². The molecule has 1 saturated carbocycles. The number of carbonyl (C=O) groups excluding carboxylic acids is 1. The zero-order chi connectivity index (χ0) is 13.9. The van der Waals surface area contributed by atoms with Crippen LogP contribution in [0.1, 0.15) is 30.9 Å². The molecule has 1 aliphatic carbocycles. The van der Waals surface area contributed by atoms with Crippen molar-refractivity contribution in [3.05, 3.63) is 35.4 Å². The zero-order valence-electron chi connectivity index (χ0n) is 11.5. The molecule has 4 heteroatoms. The lowest BCUT2D eigenvalue weighted by atomic mass is 9.99. The van der Waals surface area contributed by atoms with E-state index >= 15 is 0 Å². The minimum absolute atomic E-state index is 0.118. The Hall–Kier alpha value is -1.39. The van der Waals surface area contributed by atoms with Crippen LogP contribution < -0.4 is 5.32 Å². The lowest BCUT2D eigenvalue weighted by Crippen LogP contribution is -2.45. The molecule has 0 bridgehead atoms. The van der Waals surface area contributed by atoms with Crippen LogP contribution in [0.15, 0.2) is 24.3 Å². The third-order valence-electron chi connectivity index (χ3n) is 3.59. The van der Waals surface area contributed by atoms with Gasteiger partial charge in [-0.15, -0.1) is 0 Å². The van der Waals surface area contributed by atoms with E-state index in [2.05, 4.69) is 5.32 Å². The molecule has 1 aromatic rings. The molecule has 1 unspecified atom stereocenters. The number of amides is 1. The number of rotatable bonds is 6. The number of nitrogens with one attached hydrogen (secondary N) is 1. The van der Waals surface area contributed by atoms with Gasteiger partial charge in [-0.2, -0.15) is 0 Å². The Kier molecular flexibility index (Phi) is 4.22. The van der Waals surface area contributed by atoms with Gasteiger partial charge in [-0.25, -0.2) is 0 Å². The standard InChI is InChI=1S/C15H21NO3/c1-15(18,13-6-7-13)14(17)16-9-11-4-3-5-12(8-11)10-19-2/h3-5,8,13,18H,6-7,9-10H2,1-2H3,(H,16,17). The van der Waals surface area contributed by atoms with Crippen molar-refractivity contribution in [3.8, 4) is 0 Å². The summed E-state index contributed by atoms with van der Waals surface area (Å²) in [4.78, 5) is 11.9. The monoisotopic (exact) mass is 263 g/mol. The predicted molar refractivity (Wildman–Crippen MR) is 72.3 cm³/mol. The molecule has 1 amide bonds. The largest absolute Gasteiger partial charge is 0.380 e. The number of hydrogen-bond donors (Lipinski definition) is 2. The molecule has 1 aromatic carbocycles. The fraction of sp³-hybridized carbons (Fsp3) is 0.533. The van der Waals surface area contributed by atoms with Gasteiger partial charge in [0.25, 0.3) is 5.91 Å². The number of methoxy groups -OCH3 is 1. The minimum atomic E-state index is -1.23. The van der Waals surface area contributed by atoms with Crippen LogP contribution >= 0.6 is 0 Å². The number of hydrogen-bond acceptors (Lipinski definition) is 3. The normalized spacial score (nSPS) is 17.8. The van der Waals surface area contributed by atoms with Crippen LogP contribution in [0.5, 0.6) is 0 Å². The lowest BCUT2D eigenvalue weighted by molar-refractivity contribution is -0.140. The van der Waals surface area contributed by atoms with E-state index in [-0.39, 0.29) is 11.8 Å². The van der Waals surface area contributed by atoms with Gasteiger partial charge >= 0.3 is 0 Å². The predicted octanol–water partition coefficient (Wildman–Crippen LogP) is 1.61. The highest BCUT2D eigenvalue weighted by molar-refractivity contribution is 5.85. The van der Waals surface area contributed by atoms with Crippen molar-refractivity contribution in [1.82, 2.24) is 5.32 Å². The van der Waals surface area contributed by atoms with Gasteiger partial charge in [-0.05, 0) is 36.8 Å². The van der Waals surface area contributed by atoms with Gasteiger partial charge in [0.15, 0.2) is 0 Å². The van der Waals surface area contributed by atoms with Crippen molar-refractivity contribution in [1.29, 1.82) is 0 Å². The van der Waals surface area contributed by atoms with E-state index in [0.29, 0.717) is 13.2 Å². The summed E-state index contributed by atoms with van der Waals surface area (Å²) in [5.74, 6) is -0.167. The van der Waals surface area contributed by atoms with Crippen LogP contribution in [-0.4, -0.2) is 23.7 Å². The topological polar surface area (TPSA) is 58.6 Å². The first-order valence-corrected chi connectivity index (χ1v) is 6.61. The summed E-state index contributed by atoms with van der Waals surface area (Å²) in [5.41, 5.74) is 0.849. The highest BCUT2D eigenvalue weighted by Gasteiger charge is 2.45. The Morgan fingerprint density at radius 3 is 2.79 bits per heavy atom. The highest BCUT2D eigenvalue weighted by atomic mass is 16.5.